The fourth-order valence-corrected chi connectivity index (χ4v) is 2.96. The maximum absolute atomic E-state index is 11.8. The number of nitrogens with one attached hydrogen (secondary N) is 1. The van der Waals surface area contributed by atoms with Gasteiger partial charge >= 0.3 is 0 Å². The zero-order valence-corrected chi connectivity index (χ0v) is 12.4. The fraction of sp³-hybridized carbons (Fsp3) is 0.667. The molecule has 6 heteroatoms. The highest BCUT2D eigenvalue weighted by Crippen LogP contribution is 2.25. The molecule has 0 aromatic carbocycles. The number of hydrogen-bond acceptors (Lipinski definition) is 3. The molecule has 0 saturated heterocycles. The molecule has 1 heterocycles. The van der Waals surface area contributed by atoms with E-state index in [1.807, 2.05) is 27.7 Å². The summed E-state index contributed by atoms with van der Waals surface area (Å²) in [7, 11) is -1.06. The summed E-state index contributed by atoms with van der Waals surface area (Å²) in [6.07, 6.45) is 1.76. The van der Waals surface area contributed by atoms with E-state index in [1.54, 1.807) is 17.5 Å². The first-order valence-electron chi connectivity index (χ1n) is 4.60. The highest BCUT2D eigenvalue weighted by atomic mass is 79.9. The van der Waals surface area contributed by atoms with Crippen molar-refractivity contribution in [3.8, 4) is 0 Å². The van der Waals surface area contributed by atoms with Crippen LogP contribution in [-0.4, -0.2) is 13.9 Å². The van der Waals surface area contributed by atoms with Gasteiger partial charge in [-0.05, 0) is 43.6 Å². The van der Waals surface area contributed by atoms with E-state index in [2.05, 4.69) is 25.6 Å². The van der Waals surface area contributed by atoms with E-state index in [0.29, 0.717) is 0 Å². The van der Waals surface area contributed by atoms with Crippen molar-refractivity contribution >= 4 is 38.3 Å². The number of nitrogens with zero attached hydrogens (tertiary/aromatic N) is 1. The molecular formula is C9H15BrN2OS2. The van der Waals surface area contributed by atoms with E-state index in [0.717, 1.165) is 8.79 Å². The summed E-state index contributed by atoms with van der Waals surface area (Å²) in [5.74, 6) is 0. The van der Waals surface area contributed by atoms with Crippen molar-refractivity contribution in [3.63, 3.8) is 0 Å². The Balaban J connectivity index is 2.64. The maximum Gasteiger partial charge on any atom is 0.111 e. The van der Waals surface area contributed by atoms with Gasteiger partial charge in [0.2, 0.25) is 0 Å². The molecule has 1 aromatic rings. The largest absolute Gasteiger partial charge is 0.247 e. The molecule has 1 N–H and O–H groups in total. The summed E-state index contributed by atoms with van der Waals surface area (Å²) in [4.78, 5) is 4.23. The topological polar surface area (TPSA) is 42.0 Å². The molecule has 1 aromatic heterocycles. The fourth-order valence-electron chi connectivity index (χ4n) is 0.855. The summed E-state index contributed by atoms with van der Waals surface area (Å²) < 4.78 is 15.6. The molecule has 0 aliphatic heterocycles. The van der Waals surface area contributed by atoms with Crippen molar-refractivity contribution < 1.29 is 4.21 Å². The van der Waals surface area contributed by atoms with E-state index < -0.39 is 11.0 Å². The van der Waals surface area contributed by atoms with Gasteiger partial charge in [-0.1, -0.05) is 0 Å². The van der Waals surface area contributed by atoms with Crippen molar-refractivity contribution in [2.75, 3.05) is 0 Å². The maximum atomic E-state index is 11.8. The first-order valence-corrected chi connectivity index (χ1v) is 7.36. The molecule has 0 saturated carbocycles. The number of rotatable bonds is 3. The van der Waals surface area contributed by atoms with E-state index in [9.17, 15) is 4.21 Å². The Morgan fingerprint density at radius 1 is 1.60 bits per heavy atom. The van der Waals surface area contributed by atoms with Crippen molar-refractivity contribution in [2.24, 2.45) is 0 Å². The lowest BCUT2D eigenvalue weighted by atomic mass is 10.3. The molecule has 0 amide bonds. The quantitative estimate of drug-likeness (QED) is 0.932. The van der Waals surface area contributed by atoms with E-state index >= 15 is 0 Å². The van der Waals surface area contributed by atoms with Gasteiger partial charge in [-0.2, -0.15) is 0 Å². The first-order chi connectivity index (χ1) is 6.80. The molecule has 86 valence electrons. The Labute approximate surface area is 105 Å². The van der Waals surface area contributed by atoms with Crippen LogP contribution in [0.25, 0.3) is 0 Å². The highest BCUT2D eigenvalue weighted by molar-refractivity contribution is 9.11. The van der Waals surface area contributed by atoms with Crippen LogP contribution in [-0.2, 0) is 11.0 Å². The van der Waals surface area contributed by atoms with Crippen LogP contribution in [0, 0.1) is 0 Å². The van der Waals surface area contributed by atoms with E-state index in [1.165, 1.54) is 0 Å². The summed E-state index contributed by atoms with van der Waals surface area (Å²) in [5.41, 5.74) is 0. The van der Waals surface area contributed by atoms with Gasteiger partial charge in [-0.3, -0.25) is 0 Å². The molecule has 1 unspecified atom stereocenters. The lowest BCUT2D eigenvalue weighted by Crippen LogP contribution is -2.34. The van der Waals surface area contributed by atoms with E-state index in [-0.39, 0.29) is 10.8 Å². The summed E-state index contributed by atoms with van der Waals surface area (Å²) >= 11 is 4.92. The smallest absolute Gasteiger partial charge is 0.111 e. The molecule has 0 fully saturated rings. The normalized spacial score (nSPS) is 16.3. The van der Waals surface area contributed by atoms with Gasteiger partial charge in [0.25, 0.3) is 0 Å². The summed E-state index contributed by atoms with van der Waals surface area (Å²) in [5, 5.41) is 0.944. The molecule has 0 spiro atoms. The van der Waals surface area contributed by atoms with Crippen LogP contribution < -0.4 is 4.72 Å². The number of aromatic nitrogens is 1. The van der Waals surface area contributed by atoms with Gasteiger partial charge in [0.1, 0.15) is 5.01 Å². The molecular weight excluding hydrogens is 296 g/mol. The predicted octanol–water partition coefficient (Wildman–Crippen LogP) is 3.02. The monoisotopic (exact) mass is 310 g/mol. The van der Waals surface area contributed by atoms with Crippen LogP contribution in [0.15, 0.2) is 9.98 Å². The third kappa shape index (κ3) is 3.94. The predicted molar refractivity (Wildman–Crippen MR) is 69.3 cm³/mol. The van der Waals surface area contributed by atoms with Crippen LogP contribution in [0.5, 0.6) is 0 Å². The molecule has 3 nitrogen and oxygen atoms in total. The van der Waals surface area contributed by atoms with Gasteiger partial charge in [0.15, 0.2) is 0 Å². The SMILES string of the molecule is C[C@H](NS(=O)C(C)(C)C)c1ncc(Br)s1. The Morgan fingerprint density at radius 2 is 2.20 bits per heavy atom. The molecule has 0 radical (unpaired) electrons. The zero-order valence-electron chi connectivity index (χ0n) is 9.20. The Morgan fingerprint density at radius 3 is 2.60 bits per heavy atom. The molecule has 0 aliphatic rings. The van der Waals surface area contributed by atoms with Crippen LogP contribution in [0.4, 0.5) is 0 Å². The second-order valence-electron chi connectivity index (χ2n) is 4.22. The average Bonchev–Trinajstić information content (AvgIpc) is 2.50. The van der Waals surface area contributed by atoms with Crippen LogP contribution in [0.2, 0.25) is 0 Å². The Bertz CT molecular complexity index is 359. The molecule has 2 atom stereocenters. The minimum absolute atomic E-state index is 0.0151. The second-order valence-corrected chi connectivity index (χ2v) is 8.66. The third-order valence-electron chi connectivity index (χ3n) is 1.71. The van der Waals surface area contributed by atoms with Gasteiger partial charge in [0.05, 0.1) is 31.8 Å². The van der Waals surface area contributed by atoms with Gasteiger partial charge in [-0.25, -0.2) is 13.9 Å². The Kier molecular flexibility index (Phi) is 4.46. The van der Waals surface area contributed by atoms with Crippen molar-refractivity contribution in [1.82, 2.24) is 9.71 Å². The van der Waals surface area contributed by atoms with Crippen LogP contribution >= 0.6 is 27.3 Å². The van der Waals surface area contributed by atoms with Crippen LogP contribution in [0.3, 0.4) is 0 Å². The number of thiazole rings is 1. The molecule has 0 aliphatic carbocycles. The molecule has 15 heavy (non-hydrogen) atoms. The van der Waals surface area contributed by atoms with Crippen molar-refractivity contribution in [1.29, 1.82) is 0 Å². The standard InChI is InChI=1S/C9H15BrN2OS2/c1-6(8-11-5-7(10)14-8)12-15(13)9(2,3)4/h5-6,12H,1-4H3/t6-,15?/m0/s1. The third-order valence-corrected chi connectivity index (χ3v) is 5.04. The summed E-state index contributed by atoms with van der Waals surface area (Å²) in [6.45, 7) is 7.80. The van der Waals surface area contributed by atoms with Crippen LogP contribution in [0.1, 0.15) is 38.7 Å². The van der Waals surface area contributed by atoms with Gasteiger partial charge in [-0.15, -0.1) is 11.3 Å². The Hall–Kier alpha value is 0.220. The highest BCUT2D eigenvalue weighted by Gasteiger charge is 2.22. The first kappa shape index (κ1) is 13.3. The van der Waals surface area contributed by atoms with Gasteiger partial charge < -0.3 is 0 Å². The van der Waals surface area contributed by atoms with Crippen molar-refractivity contribution in [3.05, 3.63) is 15.0 Å². The zero-order chi connectivity index (χ0) is 11.6. The minimum Gasteiger partial charge on any atom is -0.247 e. The molecule has 0 bridgehead atoms. The molecule has 1 rings (SSSR count). The second kappa shape index (κ2) is 5.03. The van der Waals surface area contributed by atoms with Gasteiger partial charge in [0, 0.05) is 0 Å². The number of hydrogen-bond donors (Lipinski definition) is 1. The average molecular weight is 311 g/mol. The lowest BCUT2D eigenvalue weighted by Gasteiger charge is -2.20. The summed E-state index contributed by atoms with van der Waals surface area (Å²) in [6, 6.07) is 0.0151. The van der Waals surface area contributed by atoms with Crippen molar-refractivity contribution in [2.45, 2.75) is 38.5 Å². The minimum atomic E-state index is -1.06. The van der Waals surface area contributed by atoms with E-state index in [4.69, 9.17) is 0 Å². The number of halogens is 1. The lowest BCUT2D eigenvalue weighted by molar-refractivity contribution is 0.615.